The molecular formula is C14H20N4O. The summed E-state index contributed by atoms with van der Waals surface area (Å²) in [5, 5.41) is 3.26. The molecule has 1 aliphatic carbocycles. The van der Waals surface area contributed by atoms with E-state index in [1.54, 1.807) is 0 Å². The SMILES string of the molecule is CC(CNc1nc2cc(N)ccc2o1)N(C)C1CC1. The van der Waals surface area contributed by atoms with E-state index in [9.17, 15) is 0 Å². The van der Waals surface area contributed by atoms with Gasteiger partial charge in [-0.1, -0.05) is 0 Å². The third kappa shape index (κ3) is 2.66. The van der Waals surface area contributed by atoms with Gasteiger partial charge in [-0.25, -0.2) is 0 Å². The predicted molar refractivity (Wildman–Crippen MR) is 77.2 cm³/mol. The molecule has 2 aromatic rings. The smallest absolute Gasteiger partial charge is 0.295 e. The van der Waals surface area contributed by atoms with Crippen LogP contribution in [0.3, 0.4) is 0 Å². The van der Waals surface area contributed by atoms with E-state index in [2.05, 4.69) is 29.2 Å². The van der Waals surface area contributed by atoms with Crippen LogP contribution in [-0.4, -0.2) is 35.6 Å². The van der Waals surface area contributed by atoms with Crippen LogP contribution in [0.2, 0.25) is 0 Å². The standard InChI is InChI=1S/C14H20N4O/c1-9(18(2)11-4-5-11)8-16-14-17-12-7-10(15)3-6-13(12)19-14/h3,6-7,9,11H,4-5,8,15H2,1-2H3,(H,16,17). The summed E-state index contributed by atoms with van der Waals surface area (Å²) < 4.78 is 5.63. The fourth-order valence-electron chi connectivity index (χ4n) is 2.24. The Kier molecular flexibility index (Phi) is 3.06. The zero-order chi connectivity index (χ0) is 13.4. The zero-order valence-electron chi connectivity index (χ0n) is 11.4. The molecule has 5 nitrogen and oxygen atoms in total. The number of rotatable bonds is 5. The Morgan fingerprint density at radius 2 is 2.32 bits per heavy atom. The van der Waals surface area contributed by atoms with Crippen molar-refractivity contribution in [2.24, 2.45) is 0 Å². The second-order valence-corrected chi connectivity index (χ2v) is 5.37. The van der Waals surface area contributed by atoms with Crippen molar-refractivity contribution in [3.8, 4) is 0 Å². The summed E-state index contributed by atoms with van der Waals surface area (Å²) in [6.07, 6.45) is 2.64. The second kappa shape index (κ2) is 4.74. The molecule has 5 heteroatoms. The van der Waals surface area contributed by atoms with E-state index < -0.39 is 0 Å². The van der Waals surface area contributed by atoms with E-state index in [-0.39, 0.29) is 0 Å². The lowest BCUT2D eigenvalue weighted by Gasteiger charge is -2.24. The summed E-state index contributed by atoms with van der Waals surface area (Å²) in [4.78, 5) is 6.80. The molecule has 1 heterocycles. The number of anilines is 2. The molecule has 3 rings (SSSR count). The lowest BCUT2D eigenvalue weighted by Crippen LogP contribution is -2.36. The monoisotopic (exact) mass is 260 g/mol. The van der Waals surface area contributed by atoms with Crippen LogP contribution in [0.15, 0.2) is 22.6 Å². The van der Waals surface area contributed by atoms with Crippen LogP contribution in [0, 0.1) is 0 Å². The highest BCUT2D eigenvalue weighted by Crippen LogP contribution is 2.27. The largest absolute Gasteiger partial charge is 0.424 e. The molecule has 1 fully saturated rings. The third-order valence-electron chi connectivity index (χ3n) is 3.78. The number of benzene rings is 1. The van der Waals surface area contributed by atoms with Gasteiger partial charge < -0.3 is 15.5 Å². The number of nitrogens with two attached hydrogens (primary N) is 1. The molecule has 0 amide bonds. The summed E-state index contributed by atoms with van der Waals surface area (Å²) in [5.41, 5.74) is 7.99. The molecule has 102 valence electrons. The normalized spacial score (nSPS) is 17.0. The predicted octanol–water partition coefficient (Wildman–Crippen LogP) is 2.30. The topological polar surface area (TPSA) is 67.3 Å². The molecular weight excluding hydrogens is 240 g/mol. The summed E-state index contributed by atoms with van der Waals surface area (Å²) >= 11 is 0. The highest BCUT2D eigenvalue weighted by molar-refractivity contribution is 5.78. The van der Waals surface area contributed by atoms with Gasteiger partial charge in [0.1, 0.15) is 5.52 Å². The van der Waals surface area contributed by atoms with E-state index in [0.29, 0.717) is 17.7 Å². The number of hydrogen-bond acceptors (Lipinski definition) is 5. The molecule has 1 unspecified atom stereocenters. The lowest BCUT2D eigenvalue weighted by atomic mass is 10.3. The molecule has 19 heavy (non-hydrogen) atoms. The van der Waals surface area contributed by atoms with E-state index in [0.717, 1.165) is 23.7 Å². The Bertz CT molecular complexity index is 576. The van der Waals surface area contributed by atoms with Gasteiger partial charge in [-0.3, -0.25) is 4.90 Å². The fraction of sp³-hybridized carbons (Fsp3) is 0.500. The Labute approximate surface area is 112 Å². The van der Waals surface area contributed by atoms with E-state index >= 15 is 0 Å². The highest BCUT2D eigenvalue weighted by Gasteiger charge is 2.29. The number of nitrogens with one attached hydrogen (secondary N) is 1. The first kappa shape index (κ1) is 12.3. The average molecular weight is 260 g/mol. The van der Waals surface area contributed by atoms with Crippen LogP contribution in [0.4, 0.5) is 11.7 Å². The van der Waals surface area contributed by atoms with Gasteiger partial charge in [0.05, 0.1) is 0 Å². The fourth-order valence-corrected chi connectivity index (χ4v) is 2.24. The molecule has 0 bridgehead atoms. The first-order chi connectivity index (χ1) is 9.13. The van der Waals surface area contributed by atoms with Crippen LogP contribution in [0.25, 0.3) is 11.1 Å². The Morgan fingerprint density at radius 3 is 3.05 bits per heavy atom. The molecule has 1 atom stereocenters. The van der Waals surface area contributed by atoms with Crippen LogP contribution in [0.1, 0.15) is 19.8 Å². The number of hydrogen-bond donors (Lipinski definition) is 2. The Morgan fingerprint density at radius 1 is 1.53 bits per heavy atom. The van der Waals surface area contributed by atoms with Crippen molar-refractivity contribution in [2.45, 2.75) is 31.8 Å². The maximum Gasteiger partial charge on any atom is 0.295 e. The molecule has 1 aromatic heterocycles. The van der Waals surface area contributed by atoms with Gasteiger partial charge in [0, 0.05) is 24.3 Å². The molecule has 0 saturated heterocycles. The average Bonchev–Trinajstić information content (AvgIpc) is 3.16. The summed E-state index contributed by atoms with van der Waals surface area (Å²) in [6, 6.07) is 7.29. The zero-order valence-corrected chi connectivity index (χ0v) is 11.4. The highest BCUT2D eigenvalue weighted by atomic mass is 16.4. The van der Waals surface area contributed by atoms with Crippen molar-refractivity contribution < 1.29 is 4.42 Å². The van der Waals surface area contributed by atoms with E-state index in [4.69, 9.17) is 10.2 Å². The van der Waals surface area contributed by atoms with Gasteiger partial charge in [-0.15, -0.1) is 0 Å². The van der Waals surface area contributed by atoms with Crippen molar-refractivity contribution >= 4 is 22.8 Å². The minimum atomic E-state index is 0.465. The lowest BCUT2D eigenvalue weighted by molar-refractivity contribution is 0.256. The van der Waals surface area contributed by atoms with Crippen LogP contribution in [-0.2, 0) is 0 Å². The maximum absolute atomic E-state index is 5.73. The number of fused-ring (bicyclic) bond motifs is 1. The first-order valence-corrected chi connectivity index (χ1v) is 6.75. The van der Waals surface area contributed by atoms with Crippen molar-refractivity contribution in [3.05, 3.63) is 18.2 Å². The first-order valence-electron chi connectivity index (χ1n) is 6.75. The summed E-state index contributed by atoms with van der Waals surface area (Å²) in [5.74, 6) is 0. The second-order valence-electron chi connectivity index (χ2n) is 5.37. The van der Waals surface area contributed by atoms with Crippen molar-refractivity contribution in [3.63, 3.8) is 0 Å². The molecule has 0 aliphatic heterocycles. The molecule has 1 saturated carbocycles. The minimum Gasteiger partial charge on any atom is -0.424 e. The third-order valence-corrected chi connectivity index (χ3v) is 3.78. The van der Waals surface area contributed by atoms with E-state index in [1.807, 2.05) is 18.2 Å². The Hall–Kier alpha value is -1.75. The van der Waals surface area contributed by atoms with Gasteiger partial charge in [0.15, 0.2) is 5.58 Å². The quantitative estimate of drug-likeness (QED) is 0.807. The molecule has 0 spiro atoms. The van der Waals surface area contributed by atoms with Crippen molar-refractivity contribution in [2.75, 3.05) is 24.6 Å². The maximum atomic E-state index is 5.73. The van der Waals surface area contributed by atoms with Crippen LogP contribution in [0.5, 0.6) is 0 Å². The van der Waals surface area contributed by atoms with Crippen molar-refractivity contribution in [1.29, 1.82) is 0 Å². The van der Waals surface area contributed by atoms with Gasteiger partial charge in [0.25, 0.3) is 6.01 Å². The molecule has 3 N–H and O–H groups in total. The van der Waals surface area contributed by atoms with Crippen molar-refractivity contribution in [1.82, 2.24) is 9.88 Å². The summed E-state index contributed by atoms with van der Waals surface area (Å²) in [7, 11) is 2.18. The molecule has 1 aliphatic rings. The summed E-state index contributed by atoms with van der Waals surface area (Å²) in [6.45, 7) is 3.04. The minimum absolute atomic E-state index is 0.465. The molecule has 0 radical (unpaired) electrons. The number of aromatic nitrogens is 1. The number of nitrogens with zero attached hydrogens (tertiary/aromatic N) is 2. The number of likely N-dealkylation sites (N-methyl/N-ethyl adjacent to an activating group) is 1. The van der Waals surface area contributed by atoms with Gasteiger partial charge in [0.2, 0.25) is 0 Å². The molecule has 1 aromatic carbocycles. The van der Waals surface area contributed by atoms with Crippen LogP contribution >= 0.6 is 0 Å². The van der Waals surface area contributed by atoms with E-state index in [1.165, 1.54) is 12.8 Å². The van der Waals surface area contributed by atoms with Gasteiger partial charge in [-0.05, 0) is 45.0 Å². The van der Waals surface area contributed by atoms with Gasteiger partial charge in [-0.2, -0.15) is 4.98 Å². The van der Waals surface area contributed by atoms with Gasteiger partial charge >= 0.3 is 0 Å². The number of nitrogen functional groups attached to an aromatic ring is 1. The van der Waals surface area contributed by atoms with Crippen LogP contribution < -0.4 is 11.1 Å². The number of oxazole rings is 1. The Balaban J connectivity index is 1.64.